The first-order valence-electron chi connectivity index (χ1n) is 5.90. The van der Waals surface area contributed by atoms with Crippen molar-refractivity contribution < 1.29 is 0 Å². The second-order valence-corrected chi connectivity index (χ2v) is 6.05. The van der Waals surface area contributed by atoms with Gasteiger partial charge in [0.1, 0.15) is 5.82 Å². The van der Waals surface area contributed by atoms with Crippen LogP contribution in [0.2, 0.25) is 0 Å². The molecule has 0 unspecified atom stereocenters. The van der Waals surface area contributed by atoms with Gasteiger partial charge in [-0.3, -0.25) is 4.98 Å². The van der Waals surface area contributed by atoms with Crippen molar-refractivity contribution in [3.63, 3.8) is 0 Å². The van der Waals surface area contributed by atoms with Gasteiger partial charge in [0, 0.05) is 40.2 Å². The van der Waals surface area contributed by atoms with Crippen molar-refractivity contribution >= 4 is 39.8 Å². The van der Waals surface area contributed by atoms with Gasteiger partial charge in [-0.15, -0.1) is 0 Å². The molecule has 0 fully saturated rings. The van der Waals surface area contributed by atoms with Crippen molar-refractivity contribution in [2.75, 3.05) is 5.73 Å². The Morgan fingerprint density at radius 1 is 1.26 bits per heavy atom. The molecular formula is C13H12N4S2. The summed E-state index contributed by atoms with van der Waals surface area (Å²) in [5.74, 6) is 0.894. The molecule has 0 atom stereocenters. The minimum absolute atomic E-state index is 0.772. The van der Waals surface area contributed by atoms with E-state index in [1.54, 1.807) is 18.0 Å². The van der Waals surface area contributed by atoms with Gasteiger partial charge >= 0.3 is 0 Å². The molecule has 4 nitrogen and oxygen atoms in total. The number of aromatic nitrogens is 3. The van der Waals surface area contributed by atoms with E-state index in [1.165, 1.54) is 11.5 Å². The lowest BCUT2D eigenvalue weighted by Crippen LogP contribution is -1.89. The maximum atomic E-state index is 5.98. The topological polar surface area (TPSA) is 64.7 Å². The molecule has 0 amide bonds. The molecule has 0 bridgehead atoms. The third-order valence-corrected chi connectivity index (χ3v) is 4.64. The average molecular weight is 288 g/mol. The molecule has 3 aromatic rings. The highest BCUT2D eigenvalue weighted by Gasteiger charge is 2.09. The number of anilines is 1. The Labute approximate surface area is 119 Å². The van der Waals surface area contributed by atoms with E-state index in [-0.39, 0.29) is 0 Å². The van der Waals surface area contributed by atoms with Crippen LogP contribution in [0.25, 0.3) is 10.8 Å². The zero-order chi connectivity index (χ0) is 13.2. The minimum Gasteiger partial charge on any atom is -0.398 e. The van der Waals surface area contributed by atoms with Crippen LogP contribution in [-0.2, 0) is 6.42 Å². The number of hydrogen-bond acceptors (Lipinski definition) is 6. The van der Waals surface area contributed by atoms with Crippen LogP contribution in [0.1, 0.15) is 12.7 Å². The summed E-state index contributed by atoms with van der Waals surface area (Å²) in [5, 5.41) is 2.08. The summed E-state index contributed by atoms with van der Waals surface area (Å²) in [6.07, 6.45) is 4.46. The van der Waals surface area contributed by atoms with Gasteiger partial charge in [0.15, 0.2) is 4.34 Å². The number of nitrogens with zero attached hydrogens (tertiary/aromatic N) is 3. The van der Waals surface area contributed by atoms with E-state index in [0.717, 1.165) is 37.9 Å². The Kier molecular flexibility index (Phi) is 3.35. The van der Waals surface area contributed by atoms with E-state index in [0.29, 0.717) is 0 Å². The highest BCUT2D eigenvalue weighted by atomic mass is 32.2. The lowest BCUT2D eigenvalue weighted by Gasteiger charge is -2.06. The van der Waals surface area contributed by atoms with E-state index >= 15 is 0 Å². The fourth-order valence-corrected chi connectivity index (χ4v) is 3.57. The summed E-state index contributed by atoms with van der Waals surface area (Å²) in [7, 11) is 0. The molecule has 1 aromatic carbocycles. The Morgan fingerprint density at radius 2 is 2.16 bits per heavy atom. The maximum Gasteiger partial charge on any atom is 0.174 e. The van der Waals surface area contributed by atoms with Gasteiger partial charge in [0.05, 0.1) is 0 Å². The first kappa shape index (κ1) is 12.4. The Bertz CT molecular complexity index is 723. The van der Waals surface area contributed by atoms with Crippen LogP contribution in [0.15, 0.2) is 39.8 Å². The van der Waals surface area contributed by atoms with Crippen molar-refractivity contribution in [2.45, 2.75) is 22.6 Å². The standard InChI is InChI=1S/C13H12N4S2/c1-2-12-16-13(19-17-12)18-11-4-3-10(14)8-5-6-15-7-9(8)11/h3-7H,2,14H2,1H3. The molecule has 2 heterocycles. The molecule has 3 rings (SSSR count). The van der Waals surface area contributed by atoms with E-state index in [4.69, 9.17) is 5.73 Å². The summed E-state index contributed by atoms with van der Waals surface area (Å²) in [6, 6.07) is 5.87. The van der Waals surface area contributed by atoms with E-state index in [9.17, 15) is 0 Å². The van der Waals surface area contributed by atoms with Gasteiger partial charge in [-0.25, -0.2) is 4.98 Å². The average Bonchev–Trinajstić information content (AvgIpc) is 2.90. The molecule has 0 saturated heterocycles. The van der Waals surface area contributed by atoms with Gasteiger partial charge in [-0.1, -0.05) is 18.7 Å². The van der Waals surface area contributed by atoms with Gasteiger partial charge in [0.2, 0.25) is 0 Å². The number of nitrogen functional groups attached to an aromatic ring is 1. The molecule has 0 aliphatic heterocycles. The van der Waals surface area contributed by atoms with Gasteiger partial charge in [-0.2, -0.15) is 4.37 Å². The Hall–Kier alpha value is -1.66. The van der Waals surface area contributed by atoms with Crippen LogP contribution in [0.5, 0.6) is 0 Å². The summed E-state index contributed by atoms with van der Waals surface area (Å²) < 4.78 is 5.25. The smallest absolute Gasteiger partial charge is 0.174 e. The highest BCUT2D eigenvalue weighted by Crippen LogP contribution is 2.35. The lowest BCUT2D eigenvalue weighted by molar-refractivity contribution is 0.972. The molecule has 0 aliphatic rings. The van der Waals surface area contributed by atoms with Crippen LogP contribution in [0.3, 0.4) is 0 Å². The van der Waals surface area contributed by atoms with E-state index in [1.807, 2.05) is 24.4 Å². The van der Waals surface area contributed by atoms with Crippen LogP contribution >= 0.6 is 23.3 Å². The number of aryl methyl sites for hydroxylation is 1. The van der Waals surface area contributed by atoms with Crippen molar-refractivity contribution in [3.8, 4) is 0 Å². The highest BCUT2D eigenvalue weighted by molar-refractivity contribution is 8.01. The SMILES string of the molecule is CCc1nsc(Sc2ccc(N)c3ccncc23)n1. The molecular weight excluding hydrogens is 276 g/mol. The van der Waals surface area contributed by atoms with Crippen LogP contribution in [0.4, 0.5) is 5.69 Å². The van der Waals surface area contributed by atoms with Gasteiger partial charge < -0.3 is 5.73 Å². The van der Waals surface area contributed by atoms with Crippen molar-refractivity contribution in [1.82, 2.24) is 14.3 Å². The first-order valence-corrected chi connectivity index (χ1v) is 7.49. The molecule has 6 heteroatoms. The first-order chi connectivity index (χ1) is 9.28. The van der Waals surface area contributed by atoms with Crippen LogP contribution in [0, 0.1) is 0 Å². The molecule has 96 valence electrons. The zero-order valence-corrected chi connectivity index (χ0v) is 12.0. The van der Waals surface area contributed by atoms with Crippen LogP contribution in [-0.4, -0.2) is 14.3 Å². The largest absolute Gasteiger partial charge is 0.398 e. The van der Waals surface area contributed by atoms with Crippen LogP contribution < -0.4 is 5.73 Å². The number of rotatable bonds is 3. The summed E-state index contributed by atoms with van der Waals surface area (Å²) >= 11 is 3.04. The zero-order valence-electron chi connectivity index (χ0n) is 10.3. The molecule has 0 aliphatic carbocycles. The number of nitrogens with two attached hydrogens (primary N) is 1. The van der Waals surface area contributed by atoms with Crippen molar-refractivity contribution in [3.05, 3.63) is 36.4 Å². The molecule has 0 radical (unpaired) electrons. The van der Waals surface area contributed by atoms with E-state index < -0.39 is 0 Å². The minimum atomic E-state index is 0.772. The molecule has 2 N–H and O–H groups in total. The summed E-state index contributed by atoms with van der Waals surface area (Å²) in [5.41, 5.74) is 6.75. The third kappa shape index (κ3) is 2.41. The molecule has 0 saturated carbocycles. The Balaban J connectivity index is 2.03. The number of pyridine rings is 1. The molecule has 19 heavy (non-hydrogen) atoms. The fourth-order valence-electron chi connectivity index (χ4n) is 1.79. The maximum absolute atomic E-state index is 5.98. The van der Waals surface area contributed by atoms with Crippen molar-refractivity contribution in [1.29, 1.82) is 0 Å². The second kappa shape index (κ2) is 5.14. The molecule has 2 aromatic heterocycles. The number of fused-ring (bicyclic) bond motifs is 1. The Morgan fingerprint density at radius 3 is 2.95 bits per heavy atom. The van der Waals surface area contributed by atoms with Gasteiger partial charge in [-0.05, 0) is 29.7 Å². The van der Waals surface area contributed by atoms with Crippen molar-refractivity contribution in [2.24, 2.45) is 0 Å². The summed E-state index contributed by atoms with van der Waals surface area (Å²) in [6.45, 7) is 2.05. The fraction of sp³-hybridized carbons (Fsp3) is 0.154. The second-order valence-electron chi connectivity index (χ2n) is 4.01. The normalized spacial score (nSPS) is 11.0. The summed E-state index contributed by atoms with van der Waals surface area (Å²) in [4.78, 5) is 9.76. The number of benzene rings is 1. The third-order valence-electron chi connectivity index (χ3n) is 2.77. The predicted octanol–water partition coefficient (Wildman–Crippen LogP) is 3.38. The quantitative estimate of drug-likeness (QED) is 0.748. The monoisotopic (exact) mass is 288 g/mol. The predicted molar refractivity (Wildman–Crippen MR) is 79.6 cm³/mol. The molecule has 0 spiro atoms. The lowest BCUT2D eigenvalue weighted by atomic mass is 10.1. The van der Waals surface area contributed by atoms with E-state index in [2.05, 4.69) is 21.3 Å². The number of hydrogen-bond donors (Lipinski definition) is 1. The van der Waals surface area contributed by atoms with Gasteiger partial charge in [0.25, 0.3) is 0 Å².